The van der Waals surface area contributed by atoms with Gasteiger partial charge in [-0.15, -0.1) is 5.10 Å². The highest BCUT2D eigenvalue weighted by atomic mass is 15.4. The van der Waals surface area contributed by atoms with E-state index in [0.29, 0.717) is 0 Å². The van der Waals surface area contributed by atoms with E-state index in [1.165, 1.54) is 18.4 Å². The summed E-state index contributed by atoms with van der Waals surface area (Å²) in [7, 11) is 0. The Kier molecular flexibility index (Phi) is 3.42. The van der Waals surface area contributed by atoms with E-state index in [1.54, 1.807) is 0 Å². The minimum Gasteiger partial charge on any atom is -0.324 e. The molecule has 0 aliphatic heterocycles. The summed E-state index contributed by atoms with van der Waals surface area (Å²) in [5.74, 6) is 0. The van der Waals surface area contributed by atoms with Gasteiger partial charge in [-0.25, -0.2) is 4.68 Å². The summed E-state index contributed by atoms with van der Waals surface area (Å²) < 4.78 is 1.89. The summed E-state index contributed by atoms with van der Waals surface area (Å²) in [5.41, 5.74) is 9.45. The molecule has 0 spiro atoms. The van der Waals surface area contributed by atoms with Gasteiger partial charge in [-0.1, -0.05) is 35.9 Å². The van der Waals surface area contributed by atoms with E-state index in [2.05, 4.69) is 16.4 Å². The molecule has 1 atom stereocenters. The van der Waals surface area contributed by atoms with Crippen molar-refractivity contribution in [3.05, 3.63) is 48.3 Å². The Morgan fingerprint density at radius 1 is 1.16 bits per heavy atom. The number of allylic oxidation sites excluding steroid dienone is 1. The van der Waals surface area contributed by atoms with Gasteiger partial charge in [0.05, 0.1) is 17.6 Å². The molecular weight excluding hydrogens is 236 g/mol. The standard InChI is InChI=1S/C15H18N4/c16-13-7-5-4-6-12(10-13)15-11-17-18-19(15)14-8-2-1-3-9-14/h1-3,8-11,13H,4-7,16H2. The lowest BCUT2D eigenvalue weighted by Gasteiger charge is -2.09. The number of nitrogens with two attached hydrogens (primary N) is 1. The minimum absolute atomic E-state index is 0.150. The predicted molar refractivity (Wildman–Crippen MR) is 75.8 cm³/mol. The number of hydrogen-bond donors (Lipinski definition) is 1. The summed E-state index contributed by atoms with van der Waals surface area (Å²) in [5, 5.41) is 8.26. The van der Waals surface area contributed by atoms with Gasteiger partial charge in [0, 0.05) is 6.04 Å². The van der Waals surface area contributed by atoms with E-state index in [0.717, 1.165) is 24.2 Å². The SMILES string of the molecule is NC1C=C(c2cnnn2-c2ccccc2)CCCC1. The fourth-order valence-corrected chi connectivity index (χ4v) is 2.55. The number of rotatable bonds is 2. The molecule has 98 valence electrons. The highest BCUT2D eigenvalue weighted by Gasteiger charge is 2.15. The molecular formula is C15H18N4. The van der Waals surface area contributed by atoms with Crippen LogP contribution in [-0.4, -0.2) is 21.0 Å². The van der Waals surface area contributed by atoms with Crippen molar-refractivity contribution in [1.29, 1.82) is 0 Å². The molecule has 0 saturated heterocycles. The molecule has 0 fully saturated rings. The molecule has 2 aromatic rings. The molecule has 1 aromatic carbocycles. The lowest BCUT2D eigenvalue weighted by molar-refractivity contribution is 0.657. The average Bonchev–Trinajstić information content (AvgIpc) is 2.83. The topological polar surface area (TPSA) is 56.7 Å². The van der Waals surface area contributed by atoms with Crippen molar-refractivity contribution in [2.75, 3.05) is 0 Å². The Morgan fingerprint density at radius 2 is 2.00 bits per heavy atom. The largest absolute Gasteiger partial charge is 0.324 e. The molecule has 4 nitrogen and oxygen atoms in total. The first-order valence-corrected chi connectivity index (χ1v) is 6.77. The number of para-hydroxylation sites is 1. The van der Waals surface area contributed by atoms with Gasteiger partial charge in [0.2, 0.25) is 0 Å². The zero-order valence-corrected chi connectivity index (χ0v) is 10.9. The van der Waals surface area contributed by atoms with Gasteiger partial charge < -0.3 is 5.73 Å². The number of hydrogen-bond acceptors (Lipinski definition) is 3. The molecule has 0 bridgehead atoms. The molecule has 0 amide bonds. The second kappa shape index (κ2) is 5.36. The minimum atomic E-state index is 0.150. The summed E-state index contributed by atoms with van der Waals surface area (Å²) in [6, 6.07) is 10.2. The maximum Gasteiger partial charge on any atom is 0.0901 e. The van der Waals surface area contributed by atoms with Gasteiger partial charge in [-0.3, -0.25) is 0 Å². The third kappa shape index (κ3) is 2.58. The molecule has 0 radical (unpaired) electrons. The molecule has 1 aromatic heterocycles. The van der Waals surface area contributed by atoms with Crippen molar-refractivity contribution in [2.45, 2.75) is 31.7 Å². The highest BCUT2D eigenvalue weighted by Crippen LogP contribution is 2.26. The summed E-state index contributed by atoms with van der Waals surface area (Å²) in [6.07, 6.45) is 8.49. The third-order valence-corrected chi connectivity index (χ3v) is 3.53. The molecule has 1 aliphatic rings. The normalized spacial score (nSPS) is 19.8. The quantitative estimate of drug-likeness (QED) is 0.896. The zero-order valence-electron chi connectivity index (χ0n) is 10.9. The molecule has 3 rings (SSSR count). The molecule has 4 heteroatoms. The van der Waals surface area contributed by atoms with Crippen LogP contribution in [0.5, 0.6) is 0 Å². The van der Waals surface area contributed by atoms with E-state index >= 15 is 0 Å². The first-order valence-electron chi connectivity index (χ1n) is 6.77. The van der Waals surface area contributed by atoms with Gasteiger partial charge in [0.15, 0.2) is 0 Å². The Labute approximate surface area is 112 Å². The van der Waals surface area contributed by atoms with Crippen molar-refractivity contribution in [3.63, 3.8) is 0 Å². The average molecular weight is 254 g/mol. The van der Waals surface area contributed by atoms with Crippen molar-refractivity contribution in [3.8, 4) is 5.69 Å². The van der Waals surface area contributed by atoms with E-state index in [4.69, 9.17) is 5.73 Å². The van der Waals surface area contributed by atoms with Crippen LogP contribution >= 0.6 is 0 Å². The summed E-state index contributed by atoms with van der Waals surface area (Å²) >= 11 is 0. The molecule has 1 unspecified atom stereocenters. The van der Waals surface area contributed by atoms with Gasteiger partial charge in [-0.2, -0.15) is 0 Å². The van der Waals surface area contributed by atoms with Crippen LogP contribution < -0.4 is 5.73 Å². The lowest BCUT2D eigenvalue weighted by atomic mass is 10.1. The van der Waals surface area contributed by atoms with Crippen LogP contribution in [0.1, 0.15) is 31.4 Å². The van der Waals surface area contributed by atoms with E-state index in [9.17, 15) is 0 Å². The Bertz CT molecular complexity index is 571. The Morgan fingerprint density at radius 3 is 2.84 bits per heavy atom. The maximum absolute atomic E-state index is 6.09. The van der Waals surface area contributed by atoms with Crippen LogP contribution in [0.4, 0.5) is 0 Å². The van der Waals surface area contributed by atoms with E-state index in [1.807, 2.05) is 41.2 Å². The van der Waals surface area contributed by atoms with Crippen LogP contribution in [0.3, 0.4) is 0 Å². The smallest absolute Gasteiger partial charge is 0.0901 e. The van der Waals surface area contributed by atoms with Gasteiger partial charge in [-0.05, 0) is 37.0 Å². The second-order valence-corrected chi connectivity index (χ2v) is 4.97. The fraction of sp³-hybridized carbons (Fsp3) is 0.333. The Balaban J connectivity index is 2.00. The number of aromatic nitrogens is 3. The molecule has 2 N–H and O–H groups in total. The van der Waals surface area contributed by atoms with E-state index < -0.39 is 0 Å². The number of benzene rings is 1. The maximum atomic E-state index is 6.09. The fourth-order valence-electron chi connectivity index (χ4n) is 2.55. The zero-order chi connectivity index (χ0) is 13.1. The lowest BCUT2D eigenvalue weighted by Crippen LogP contribution is -2.16. The van der Waals surface area contributed by atoms with Gasteiger partial charge >= 0.3 is 0 Å². The first kappa shape index (κ1) is 12.1. The second-order valence-electron chi connectivity index (χ2n) is 4.97. The summed E-state index contributed by atoms with van der Waals surface area (Å²) in [6.45, 7) is 0. The van der Waals surface area contributed by atoms with Crippen molar-refractivity contribution < 1.29 is 0 Å². The molecule has 0 saturated carbocycles. The molecule has 1 heterocycles. The molecule has 1 aliphatic carbocycles. The van der Waals surface area contributed by atoms with E-state index in [-0.39, 0.29) is 6.04 Å². The van der Waals surface area contributed by atoms with Crippen LogP contribution in [0.2, 0.25) is 0 Å². The van der Waals surface area contributed by atoms with Crippen molar-refractivity contribution in [1.82, 2.24) is 15.0 Å². The Hall–Kier alpha value is -1.94. The van der Waals surface area contributed by atoms with Gasteiger partial charge in [0.25, 0.3) is 0 Å². The van der Waals surface area contributed by atoms with Crippen LogP contribution in [0, 0.1) is 0 Å². The first-order chi connectivity index (χ1) is 9.34. The predicted octanol–water partition coefficient (Wildman–Crippen LogP) is 2.55. The highest BCUT2D eigenvalue weighted by molar-refractivity contribution is 5.64. The number of nitrogens with zero attached hydrogens (tertiary/aromatic N) is 3. The summed E-state index contributed by atoms with van der Waals surface area (Å²) in [4.78, 5) is 0. The van der Waals surface area contributed by atoms with Crippen LogP contribution in [0.25, 0.3) is 11.3 Å². The van der Waals surface area contributed by atoms with Crippen LogP contribution in [-0.2, 0) is 0 Å². The molecule has 19 heavy (non-hydrogen) atoms. The van der Waals surface area contributed by atoms with Gasteiger partial charge in [0.1, 0.15) is 0 Å². The van der Waals surface area contributed by atoms with Crippen molar-refractivity contribution in [2.24, 2.45) is 5.73 Å². The third-order valence-electron chi connectivity index (χ3n) is 3.53. The van der Waals surface area contributed by atoms with Crippen LogP contribution in [0.15, 0.2) is 42.6 Å². The monoisotopic (exact) mass is 254 g/mol. The van der Waals surface area contributed by atoms with Crippen molar-refractivity contribution >= 4 is 5.57 Å².